The number of ether oxygens (including phenoxy) is 1. The third-order valence-electron chi connectivity index (χ3n) is 12.5. The highest BCUT2D eigenvalue weighted by molar-refractivity contribution is 6.09. The van der Waals surface area contributed by atoms with Crippen LogP contribution >= 0.6 is 0 Å². The van der Waals surface area contributed by atoms with Gasteiger partial charge in [0.2, 0.25) is 0 Å². The molecule has 0 aliphatic heterocycles. The van der Waals surface area contributed by atoms with Crippen LogP contribution in [0.1, 0.15) is 115 Å². The topological polar surface area (TPSA) is 35.9 Å². The minimum absolute atomic E-state index is 0.0365. The van der Waals surface area contributed by atoms with Crippen molar-refractivity contribution in [2.24, 2.45) is 0 Å². The first-order valence-electron chi connectivity index (χ1n) is 24.0. The van der Waals surface area contributed by atoms with Gasteiger partial charge < -0.3 is 4.74 Å². The van der Waals surface area contributed by atoms with Gasteiger partial charge in [-0.05, 0) is 116 Å². The smallest absolute Gasteiger partial charge is 0.269 e. The van der Waals surface area contributed by atoms with Crippen molar-refractivity contribution in [1.29, 1.82) is 0 Å². The second-order valence-electron chi connectivity index (χ2n) is 21.5. The summed E-state index contributed by atoms with van der Waals surface area (Å²) in [4.78, 5) is 4.88. The van der Waals surface area contributed by atoms with Gasteiger partial charge in [-0.25, -0.2) is 4.98 Å². The summed E-state index contributed by atoms with van der Waals surface area (Å²) in [6.45, 7) is 24.0. The fourth-order valence-corrected chi connectivity index (χ4v) is 8.92. The van der Waals surface area contributed by atoms with Crippen LogP contribution in [0.2, 0.25) is 0 Å². The molecule has 0 amide bonds. The molecule has 3 aromatic heterocycles. The molecule has 0 N–H and O–H groups in total. The van der Waals surface area contributed by atoms with Crippen LogP contribution in [0, 0.1) is 13.2 Å². The van der Waals surface area contributed by atoms with E-state index in [-0.39, 0.29) is 10.8 Å². The molecular formula is C59H62N4O. The largest absolute Gasteiger partial charge is 0.458 e. The zero-order valence-electron chi connectivity index (χ0n) is 42.5. The second kappa shape index (κ2) is 15.4. The molecule has 0 bridgehead atoms. The Kier molecular flexibility index (Phi) is 9.40. The molecule has 0 aliphatic rings. The van der Waals surface area contributed by atoms with Crippen LogP contribution in [-0.2, 0) is 21.7 Å². The molecule has 9 aromatic rings. The zero-order valence-corrected chi connectivity index (χ0v) is 39.5. The van der Waals surface area contributed by atoms with E-state index in [0.717, 1.165) is 72.3 Å². The number of hydrogen-bond acceptors (Lipinski definition) is 2. The van der Waals surface area contributed by atoms with Crippen molar-refractivity contribution in [1.82, 2.24) is 14.1 Å². The molecule has 3 heterocycles. The third kappa shape index (κ3) is 7.91. The number of para-hydroxylation sites is 1. The molecule has 0 radical (unpaired) electrons. The molecule has 5 nitrogen and oxygen atoms in total. The Hall–Kier alpha value is -6.46. The molecular weight excluding hydrogens is 781 g/mol. The molecule has 0 unspecified atom stereocenters. The summed E-state index contributed by atoms with van der Waals surface area (Å²) in [5, 5.41) is 2.27. The van der Waals surface area contributed by atoms with Crippen LogP contribution < -0.4 is 9.30 Å². The predicted molar refractivity (Wildman–Crippen MR) is 267 cm³/mol. The first-order valence-corrected chi connectivity index (χ1v) is 22.5. The predicted octanol–water partition coefficient (Wildman–Crippen LogP) is 15.2. The fourth-order valence-electron chi connectivity index (χ4n) is 8.92. The average molecular weight is 846 g/mol. The van der Waals surface area contributed by atoms with Gasteiger partial charge in [-0.1, -0.05) is 161 Å². The van der Waals surface area contributed by atoms with Gasteiger partial charge in [0.05, 0.1) is 33.4 Å². The highest BCUT2D eigenvalue weighted by Gasteiger charge is 2.29. The van der Waals surface area contributed by atoms with Crippen molar-refractivity contribution in [3.05, 3.63) is 174 Å². The quantitative estimate of drug-likeness (QED) is 0.123. The first-order chi connectivity index (χ1) is 31.4. The average Bonchev–Trinajstić information content (AvgIpc) is 3.80. The molecule has 0 spiro atoms. The van der Waals surface area contributed by atoms with Crippen molar-refractivity contribution >= 4 is 32.8 Å². The number of aryl methyl sites for hydroxylation is 1. The molecule has 0 atom stereocenters. The molecule has 64 heavy (non-hydrogen) atoms. The van der Waals surface area contributed by atoms with Crippen LogP contribution in [0.4, 0.5) is 0 Å². The number of fused-ring (bicyclic) bond motifs is 4. The van der Waals surface area contributed by atoms with Crippen LogP contribution in [0.3, 0.4) is 0 Å². The molecule has 6 aromatic carbocycles. The minimum atomic E-state index is -2.27. The van der Waals surface area contributed by atoms with E-state index >= 15 is 0 Å². The molecule has 5 heteroatoms. The number of rotatable bonds is 6. The summed E-state index contributed by atoms with van der Waals surface area (Å²) in [5.41, 5.74) is 11.9. The Morgan fingerprint density at radius 2 is 1.20 bits per heavy atom. The lowest BCUT2D eigenvalue weighted by Crippen LogP contribution is -2.37. The van der Waals surface area contributed by atoms with Crippen LogP contribution in [0.15, 0.2) is 140 Å². The summed E-state index contributed by atoms with van der Waals surface area (Å²) >= 11 is 0. The molecule has 0 fully saturated rings. The van der Waals surface area contributed by atoms with Gasteiger partial charge in [-0.15, -0.1) is 0 Å². The zero-order chi connectivity index (χ0) is 48.0. The number of aromatic nitrogens is 4. The van der Waals surface area contributed by atoms with E-state index in [1.54, 1.807) is 0 Å². The highest BCUT2D eigenvalue weighted by Crippen LogP contribution is 2.39. The Labute approximate surface area is 384 Å². The summed E-state index contributed by atoms with van der Waals surface area (Å²) in [6.07, 6.45) is 5.71. The minimum Gasteiger partial charge on any atom is -0.458 e. The fraction of sp³-hybridized carbons (Fsp3) is 0.288. The maximum atomic E-state index is 8.49. The number of hydrogen-bond donors (Lipinski definition) is 0. The maximum absolute atomic E-state index is 8.49. The lowest BCUT2D eigenvalue weighted by Gasteiger charge is -2.31. The SMILES string of the molecule is [2H]C([2H])([2H])c1cc(C(C)(C)C)c(-[n+]2[c-]n(-c3cccc(Oc4ccc5c6ccccc6n(-c6cc(C(C)(C)C)ccn6)c5c4)c3)c3cc(-c4ccc(C(C)(C)C)cc4)ccc32)c(C(C)(C)C)c1. The third-order valence-corrected chi connectivity index (χ3v) is 12.5. The summed E-state index contributed by atoms with van der Waals surface area (Å²) in [6, 6.07) is 46.4. The first kappa shape index (κ1) is 39.2. The van der Waals surface area contributed by atoms with Gasteiger partial charge in [0.15, 0.2) is 0 Å². The molecule has 0 saturated carbocycles. The summed E-state index contributed by atoms with van der Waals surface area (Å²) in [5.74, 6) is 2.25. The van der Waals surface area contributed by atoms with E-state index < -0.39 is 17.7 Å². The Bertz CT molecular complexity index is 3310. The van der Waals surface area contributed by atoms with Gasteiger partial charge in [0, 0.05) is 27.1 Å². The summed E-state index contributed by atoms with van der Waals surface area (Å²) < 4.78 is 38.8. The van der Waals surface area contributed by atoms with Gasteiger partial charge in [-0.2, -0.15) is 0 Å². The monoisotopic (exact) mass is 846 g/mol. The normalized spacial score (nSPS) is 13.7. The van der Waals surface area contributed by atoms with Crippen molar-refractivity contribution in [2.45, 2.75) is 112 Å². The molecule has 324 valence electrons. The van der Waals surface area contributed by atoms with Crippen molar-refractivity contribution in [2.75, 3.05) is 0 Å². The molecule has 0 saturated heterocycles. The van der Waals surface area contributed by atoms with Crippen LogP contribution in [0.5, 0.6) is 11.5 Å². The van der Waals surface area contributed by atoms with Crippen molar-refractivity contribution in [3.63, 3.8) is 0 Å². The van der Waals surface area contributed by atoms with Crippen molar-refractivity contribution in [3.8, 4) is 39.8 Å². The second-order valence-corrected chi connectivity index (χ2v) is 21.5. The van der Waals surface area contributed by atoms with E-state index in [0.29, 0.717) is 17.1 Å². The Morgan fingerprint density at radius 3 is 1.88 bits per heavy atom. The highest BCUT2D eigenvalue weighted by atomic mass is 16.5. The van der Waals surface area contributed by atoms with E-state index in [2.05, 4.69) is 206 Å². The van der Waals surface area contributed by atoms with Gasteiger partial charge >= 0.3 is 0 Å². The maximum Gasteiger partial charge on any atom is 0.269 e. The van der Waals surface area contributed by atoms with Gasteiger partial charge in [0.1, 0.15) is 17.3 Å². The number of benzene rings is 6. The van der Waals surface area contributed by atoms with Crippen molar-refractivity contribution < 1.29 is 13.4 Å². The van der Waals surface area contributed by atoms with E-state index in [1.807, 2.05) is 36.5 Å². The lowest BCUT2D eigenvalue weighted by molar-refractivity contribution is -0.574. The lowest BCUT2D eigenvalue weighted by atomic mass is 9.77. The van der Waals surface area contributed by atoms with E-state index in [4.69, 9.17) is 13.8 Å². The standard InChI is InChI=1S/C59H62N4O/c1-38-31-48(58(8,9)10)55(49(32-38)59(11,12)13)62-37-61(53-33-40(23-28-51(53)62)39-21-24-41(25-22-39)56(2,3)4)43-17-16-18-44(35-43)64-45-26-27-47-46-19-14-15-20-50(46)63(52(47)36-45)54-34-42(29-30-60-54)57(5,6)7/h14-36H,1-13H3/i1D3. The Morgan fingerprint density at radius 1 is 0.547 bits per heavy atom. The molecule has 9 rings (SSSR count). The summed E-state index contributed by atoms with van der Waals surface area (Å²) in [7, 11) is 0. The van der Waals surface area contributed by atoms with E-state index in [9.17, 15) is 0 Å². The number of pyridine rings is 1. The number of nitrogens with zero attached hydrogens (tertiary/aromatic N) is 4. The number of imidazole rings is 1. The van der Waals surface area contributed by atoms with E-state index in [1.165, 1.54) is 11.1 Å². The van der Waals surface area contributed by atoms with Gasteiger partial charge in [-0.3, -0.25) is 13.7 Å². The van der Waals surface area contributed by atoms with Crippen LogP contribution in [0.25, 0.3) is 61.2 Å². The molecule has 0 aliphatic carbocycles. The van der Waals surface area contributed by atoms with Gasteiger partial charge in [0.25, 0.3) is 6.33 Å². The van der Waals surface area contributed by atoms with Crippen LogP contribution in [-0.4, -0.2) is 14.1 Å². The Balaban J connectivity index is 1.22.